The molecule has 16 heavy (non-hydrogen) atoms. The van der Waals surface area contributed by atoms with Gasteiger partial charge < -0.3 is 12.0 Å². The number of hydrogen-bond donors (Lipinski definition) is 0. The van der Waals surface area contributed by atoms with Crippen molar-refractivity contribution in [3.8, 4) is 0 Å². The van der Waals surface area contributed by atoms with Crippen LogP contribution in [0.5, 0.6) is 0 Å². The van der Waals surface area contributed by atoms with Crippen LogP contribution in [0, 0.1) is 6.92 Å². The Morgan fingerprint density at radius 2 is 1.12 bits per heavy atom. The van der Waals surface area contributed by atoms with Gasteiger partial charge in [-0.05, 0) is 0 Å². The molecule has 0 aliphatic carbocycles. The Kier molecular flexibility index (Phi) is 34.0. The molecule has 0 N–H and O–H groups in total. The Hall–Kier alpha value is 0.726. The fourth-order valence-corrected chi connectivity index (χ4v) is 1.24. The van der Waals surface area contributed by atoms with Crippen molar-refractivity contribution in [1.29, 1.82) is 0 Å². The minimum absolute atomic E-state index is 0. The molecular weight excluding hydrogens is 208 g/mol. The van der Waals surface area contributed by atoms with Crippen molar-refractivity contribution in [3.05, 3.63) is 6.92 Å². The van der Waals surface area contributed by atoms with E-state index in [4.69, 9.17) is 0 Å². The molecule has 0 aliphatic heterocycles. The van der Waals surface area contributed by atoms with E-state index in [1.165, 1.54) is 44.9 Å². The molecule has 0 amide bonds. The van der Waals surface area contributed by atoms with Crippen molar-refractivity contribution < 1.29 is 5.11 Å². The summed E-state index contributed by atoms with van der Waals surface area (Å²) in [6.45, 7) is 8.08. The van der Waals surface area contributed by atoms with Gasteiger partial charge in [-0.15, -0.1) is 6.61 Å². The summed E-state index contributed by atoms with van der Waals surface area (Å²) in [5.74, 6) is 0. The molecule has 0 saturated heterocycles. The van der Waals surface area contributed by atoms with Crippen molar-refractivity contribution in [3.63, 3.8) is 0 Å². The molecule has 0 aromatic rings. The van der Waals surface area contributed by atoms with Crippen LogP contribution in [0.3, 0.4) is 0 Å². The third-order valence-electron chi connectivity index (χ3n) is 2.35. The summed E-state index contributed by atoms with van der Waals surface area (Å²) in [6.07, 6.45) is 12.4. The molecule has 0 rings (SSSR count). The molecule has 0 spiro atoms. The van der Waals surface area contributed by atoms with Gasteiger partial charge in [0.15, 0.2) is 0 Å². The van der Waals surface area contributed by atoms with E-state index >= 15 is 0 Å². The first-order valence-electron chi connectivity index (χ1n) is 6.70. The third kappa shape index (κ3) is 29.3. The van der Waals surface area contributed by atoms with E-state index in [0.29, 0.717) is 0 Å². The van der Waals surface area contributed by atoms with Gasteiger partial charge in [-0.1, -0.05) is 71.6 Å². The molecule has 0 aromatic heterocycles. The molecule has 0 bridgehead atoms. The standard InChI is InChI=1S/C10H21O.C4H9.Mg/c1-2-3-4-5-6-7-8-9-10-11;1-3-4-2;/h2-10H2,1H3;1,3-4H2,2H3;/q2*-1;+2. The minimum atomic E-state index is 0. The van der Waals surface area contributed by atoms with Gasteiger partial charge in [0.2, 0.25) is 0 Å². The van der Waals surface area contributed by atoms with E-state index in [-0.39, 0.29) is 29.7 Å². The van der Waals surface area contributed by atoms with E-state index in [2.05, 4.69) is 20.8 Å². The fraction of sp³-hybridized carbons (Fsp3) is 0.929. The van der Waals surface area contributed by atoms with E-state index in [0.717, 1.165) is 19.3 Å². The largest absolute Gasteiger partial charge is 2.00 e. The van der Waals surface area contributed by atoms with Gasteiger partial charge in [0.05, 0.1) is 0 Å². The zero-order valence-corrected chi connectivity index (χ0v) is 13.0. The van der Waals surface area contributed by atoms with E-state index < -0.39 is 0 Å². The molecule has 0 fully saturated rings. The molecule has 1 nitrogen and oxygen atoms in total. The van der Waals surface area contributed by atoms with E-state index in [1.54, 1.807) is 0 Å². The summed E-state index contributed by atoms with van der Waals surface area (Å²) in [5.41, 5.74) is 0. The monoisotopic (exact) mass is 238 g/mol. The summed E-state index contributed by atoms with van der Waals surface area (Å²) in [5, 5.41) is 10.1. The van der Waals surface area contributed by atoms with Gasteiger partial charge in [-0.2, -0.15) is 6.42 Å². The van der Waals surface area contributed by atoms with Gasteiger partial charge in [-0.3, -0.25) is 0 Å². The topological polar surface area (TPSA) is 23.1 Å². The number of unbranched alkanes of at least 4 members (excludes halogenated alkanes) is 8. The maximum atomic E-state index is 10.1. The van der Waals surface area contributed by atoms with Crippen LogP contribution < -0.4 is 5.11 Å². The zero-order chi connectivity index (χ0) is 11.8. The Morgan fingerprint density at radius 1 is 0.750 bits per heavy atom. The predicted molar refractivity (Wildman–Crippen MR) is 73.5 cm³/mol. The quantitative estimate of drug-likeness (QED) is 0.341. The van der Waals surface area contributed by atoms with Gasteiger partial charge in [0.1, 0.15) is 0 Å². The number of rotatable bonds is 9. The van der Waals surface area contributed by atoms with Crippen LogP contribution in [0.25, 0.3) is 0 Å². The van der Waals surface area contributed by atoms with Crippen LogP contribution >= 0.6 is 0 Å². The van der Waals surface area contributed by atoms with Crippen LogP contribution in [0.2, 0.25) is 0 Å². The van der Waals surface area contributed by atoms with Gasteiger partial charge in [0.25, 0.3) is 0 Å². The normalized spacial score (nSPS) is 9.00. The van der Waals surface area contributed by atoms with Crippen molar-refractivity contribution in [2.75, 3.05) is 6.61 Å². The Morgan fingerprint density at radius 3 is 1.44 bits per heavy atom. The third-order valence-corrected chi connectivity index (χ3v) is 2.35. The summed E-state index contributed by atoms with van der Waals surface area (Å²) >= 11 is 0. The van der Waals surface area contributed by atoms with E-state index in [9.17, 15) is 5.11 Å². The smallest absolute Gasteiger partial charge is 0.854 e. The molecule has 0 aromatic carbocycles. The molecular formula is C14H30MgO. The molecule has 0 unspecified atom stereocenters. The number of hydrogen-bond acceptors (Lipinski definition) is 1. The second-order valence-electron chi connectivity index (χ2n) is 4.03. The predicted octanol–water partition coefficient (Wildman–Crippen LogP) is 3.73. The minimum Gasteiger partial charge on any atom is -0.854 e. The molecule has 0 saturated carbocycles. The summed E-state index contributed by atoms with van der Waals surface area (Å²) < 4.78 is 0. The zero-order valence-electron chi connectivity index (χ0n) is 11.6. The average molecular weight is 239 g/mol. The molecule has 0 atom stereocenters. The van der Waals surface area contributed by atoms with Crippen LogP contribution in [0.15, 0.2) is 0 Å². The van der Waals surface area contributed by atoms with Crippen molar-refractivity contribution in [1.82, 2.24) is 0 Å². The fourth-order valence-electron chi connectivity index (χ4n) is 1.24. The molecule has 0 radical (unpaired) electrons. The molecule has 94 valence electrons. The van der Waals surface area contributed by atoms with Crippen LogP contribution in [0.1, 0.15) is 78.1 Å². The summed E-state index contributed by atoms with van der Waals surface area (Å²) in [6, 6.07) is 0. The second-order valence-corrected chi connectivity index (χ2v) is 4.03. The van der Waals surface area contributed by atoms with Crippen molar-refractivity contribution in [2.45, 2.75) is 78.1 Å². The summed E-state index contributed by atoms with van der Waals surface area (Å²) in [7, 11) is 0. The average Bonchev–Trinajstić information content (AvgIpc) is 2.28. The maximum Gasteiger partial charge on any atom is 2.00 e. The Bertz CT molecular complexity index is 76.8. The first-order chi connectivity index (χ1) is 7.33. The van der Waals surface area contributed by atoms with Gasteiger partial charge in [-0.25, -0.2) is 0 Å². The first-order valence-corrected chi connectivity index (χ1v) is 6.70. The van der Waals surface area contributed by atoms with Crippen LogP contribution in [-0.4, -0.2) is 29.7 Å². The van der Waals surface area contributed by atoms with Gasteiger partial charge >= 0.3 is 23.1 Å². The van der Waals surface area contributed by atoms with Crippen molar-refractivity contribution in [2.24, 2.45) is 0 Å². The second kappa shape index (κ2) is 24.8. The Balaban J connectivity index is -0.000000292. The molecule has 0 aliphatic rings. The SMILES string of the molecule is CCCCCCCCCC[O-].[CH2-]CCC.[Mg+2]. The van der Waals surface area contributed by atoms with Crippen LogP contribution in [-0.2, 0) is 0 Å². The van der Waals surface area contributed by atoms with Crippen molar-refractivity contribution >= 4 is 23.1 Å². The molecule has 2 heteroatoms. The summed E-state index contributed by atoms with van der Waals surface area (Å²) in [4.78, 5) is 0. The maximum absolute atomic E-state index is 10.1. The van der Waals surface area contributed by atoms with Crippen LogP contribution in [0.4, 0.5) is 0 Å². The van der Waals surface area contributed by atoms with Gasteiger partial charge in [0, 0.05) is 0 Å². The van der Waals surface area contributed by atoms with E-state index in [1.807, 2.05) is 0 Å². The first kappa shape index (κ1) is 22.0. The Labute approximate surface area is 120 Å². The molecule has 0 heterocycles.